The fourth-order valence-corrected chi connectivity index (χ4v) is 2.55. The van der Waals surface area contributed by atoms with Crippen LogP contribution in [0.25, 0.3) is 0 Å². The SMILES string of the molecule is COc1cc(OC)c2c(c1)C(=O)c1ccc(O)c(O)c1C2=O. The molecule has 1 aliphatic carbocycles. The fourth-order valence-electron chi connectivity index (χ4n) is 2.55. The summed E-state index contributed by atoms with van der Waals surface area (Å²) >= 11 is 0. The Labute approximate surface area is 125 Å². The smallest absolute Gasteiger partial charge is 0.202 e. The quantitative estimate of drug-likeness (QED) is 0.702. The highest BCUT2D eigenvalue weighted by molar-refractivity contribution is 6.30. The number of benzene rings is 2. The summed E-state index contributed by atoms with van der Waals surface area (Å²) in [4.78, 5) is 25.3. The van der Waals surface area contributed by atoms with Gasteiger partial charge in [-0.25, -0.2) is 0 Å². The summed E-state index contributed by atoms with van der Waals surface area (Å²) in [7, 11) is 2.80. The monoisotopic (exact) mass is 300 g/mol. The van der Waals surface area contributed by atoms with E-state index in [1.807, 2.05) is 0 Å². The summed E-state index contributed by atoms with van der Waals surface area (Å²) in [5.41, 5.74) is -0.00966. The Kier molecular flexibility index (Phi) is 3.02. The third-order valence-electron chi connectivity index (χ3n) is 3.63. The second kappa shape index (κ2) is 4.77. The van der Waals surface area contributed by atoms with Crippen molar-refractivity contribution in [2.75, 3.05) is 14.2 Å². The number of fused-ring (bicyclic) bond motifs is 2. The molecule has 0 fully saturated rings. The van der Waals surface area contributed by atoms with Crippen molar-refractivity contribution in [1.29, 1.82) is 0 Å². The van der Waals surface area contributed by atoms with E-state index in [2.05, 4.69) is 0 Å². The van der Waals surface area contributed by atoms with Crippen LogP contribution >= 0.6 is 0 Å². The Morgan fingerprint density at radius 3 is 2.23 bits per heavy atom. The lowest BCUT2D eigenvalue weighted by Crippen LogP contribution is -2.22. The van der Waals surface area contributed by atoms with Crippen molar-refractivity contribution in [1.82, 2.24) is 0 Å². The average molecular weight is 300 g/mol. The van der Waals surface area contributed by atoms with Crippen molar-refractivity contribution in [2.45, 2.75) is 0 Å². The highest BCUT2D eigenvalue weighted by atomic mass is 16.5. The van der Waals surface area contributed by atoms with Gasteiger partial charge in [-0.2, -0.15) is 0 Å². The van der Waals surface area contributed by atoms with Gasteiger partial charge in [-0.1, -0.05) is 0 Å². The molecule has 6 nitrogen and oxygen atoms in total. The molecule has 0 bridgehead atoms. The lowest BCUT2D eigenvalue weighted by Gasteiger charge is -2.21. The predicted octanol–water partition coefficient (Wildman–Crippen LogP) is 1.89. The van der Waals surface area contributed by atoms with Crippen LogP contribution in [0.1, 0.15) is 31.8 Å². The van der Waals surface area contributed by atoms with Crippen molar-refractivity contribution in [2.24, 2.45) is 0 Å². The molecule has 0 saturated heterocycles. The topological polar surface area (TPSA) is 93.1 Å². The van der Waals surface area contributed by atoms with Crippen molar-refractivity contribution in [3.63, 3.8) is 0 Å². The highest BCUT2D eigenvalue weighted by Gasteiger charge is 2.36. The number of carbonyl (C=O) groups excluding carboxylic acids is 2. The van der Waals surface area contributed by atoms with Gasteiger partial charge in [-0.3, -0.25) is 9.59 Å². The number of phenols is 2. The molecule has 0 saturated carbocycles. The molecule has 0 radical (unpaired) electrons. The van der Waals surface area contributed by atoms with Gasteiger partial charge in [0.1, 0.15) is 11.5 Å². The zero-order valence-corrected chi connectivity index (χ0v) is 11.8. The molecule has 0 aliphatic heterocycles. The molecular weight excluding hydrogens is 288 g/mol. The van der Waals surface area contributed by atoms with Crippen LogP contribution in [0.2, 0.25) is 0 Å². The van der Waals surface area contributed by atoms with Crippen LogP contribution in [0.4, 0.5) is 0 Å². The Balaban J connectivity index is 2.36. The Morgan fingerprint density at radius 2 is 1.59 bits per heavy atom. The van der Waals surface area contributed by atoms with Gasteiger partial charge < -0.3 is 19.7 Å². The third kappa shape index (κ3) is 1.74. The molecule has 112 valence electrons. The molecule has 2 N–H and O–H groups in total. The lowest BCUT2D eigenvalue weighted by atomic mass is 9.82. The van der Waals surface area contributed by atoms with Crippen molar-refractivity contribution in [3.05, 3.63) is 46.5 Å². The van der Waals surface area contributed by atoms with E-state index in [4.69, 9.17) is 9.47 Å². The van der Waals surface area contributed by atoms with Crippen LogP contribution in [0.3, 0.4) is 0 Å². The average Bonchev–Trinajstić information content (AvgIpc) is 2.53. The van der Waals surface area contributed by atoms with Crippen molar-refractivity contribution < 1.29 is 29.3 Å². The largest absolute Gasteiger partial charge is 0.504 e. The second-order valence-electron chi connectivity index (χ2n) is 4.77. The normalized spacial score (nSPS) is 12.6. The maximum absolute atomic E-state index is 12.7. The molecule has 1 aliphatic rings. The van der Waals surface area contributed by atoms with Gasteiger partial charge in [-0.05, 0) is 18.2 Å². The van der Waals surface area contributed by atoms with E-state index in [0.717, 1.165) is 0 Å². The van der Waals surface area contributed by atoms with Crippen LogP contribution in [0.5, 0.6) is 23.0 Å². The van der Waals surface area contributed by atoms with Gasteiger partial charge in [0.05, 0.1) is 25.3 Å². The maximum Gasteiger partial charge on any atom is 0.202 e. The van der Waals surface area contributed by atoms with E-state index in [9.17, 15) is 19.8 Å². The van der Waals surface area contributed by atoms with Crippen LogP contribution in [0.15, 0.2) is 24.3 Å². The third-order valence-corrected chi connectivity index (χ3v) is 3.63. The summed E-state index contributed by atoms with van der Waals surface area (Å²) in [6.07, 6.45) is 0. The minimum absolute atomic E-state index is 0.0307. The minimum Gasteiger partial charge on any atom is -0.504 e. The van der Waals surface area contributed by atoms with E-state index in [0.29, 0.717) is 5.75 Å². The number of ether oxygens (including phenoxy) is 2. The Morgan fingerprint density at radius 1 is 0.864 bits per heavy atom. The molecule has 22 heavy (non-hydrogen) atoms. The lowest BCUT2D eigenvalue weighted by molar-refractivity contribution is 0.0973. The van der Waals surface area contributed by atoms with E-state index in [1.165, 1.54) is 38.5 Å². The molecule has 0 spiro atoms. The predicted molar refractivity (Wildman–Crippen MR) is 76.2 cm³/mol. The summed E-state index contributed by atoms with van der Waals surface area (Å²) in [6, 6.07) is 5.40. The maximum atomic E-state index is 12.7. The van der Waals surface area contributed by atoms with Crippen molar-refractivity contribution in [3.8, 4) is 23.0 Å². The van der Waals surface area contributed by atoms with Gasteiger partial charge in [0.15, 0.2) is 17.3 Å². The fraction of sp³-hybridized carbons (Fsp3) is 0.125. The Hall–Kier alpha value is -3.02. The summed E-state index contributed by atoms with van der Waals surface area (Å²) in [6.45, 7) is 0. The number of aromatic hydroxyl groups is 2. The first kappa shape index (κ1) is 13.9. The van der Waals surface area contributed by atoms with Crippen LogP contribution in [-0.4, -0.2) is 36.0 Å². The van der Waals surface area contributed by atoms with E-state index in [-0.39, 0.29) is 28.0 Å². The molecule has 2 aromatic carbocycles. The number of carbonyl (C=O) groups is 2. The molecule has 2 aromatic rings. The Bertz CT molecular complexity index is 822. The van der Waals surface area contributed by atoms with Gasteiger partial charge in [-0.15, -0.1) is 0 Å². The molecule has 6 heteroatoms. The molecule has 3 rings (SSSR count). The van der Waals surface area contributed by atoms with Gasteiger partial charge in [0.25, 0.3) is 0 Å². The van der Waals surface area contributed by atoms with Crippen LogP contribution < -0.4 is 9.47 Å². The van der Waals surface area contributed by atoms with E-state index in [1.54, 1.807) is 0 Å². The first-order valence-electron chi connectivity index (χ1n) is 6.40. The number of hydrogen-bond acceptors (Lipinski definition) is 6. The summed E-state index contributed by atoms with van der Waals surface area (Å²) in [5, 5.41) is 19.5. The number of methoxy groups -OCH3 is 2. The van der Waals surface area contributed by atoms with Gasteiger partial charge in [0, 0.05) is 17.2 Å². The second-order valence-corrected chi connectivity index (χ2v) is 4.77. The number of ketones is 2. The van der Waals surface area contributed by atoms with Crippen LogP contribution in [-0.2, 0) is 0 Å². The molecule has 0 atom stereocenters. The molecule has 0 aromatic heterocycles. The van der Waals surface area contributed by atoms with E-state index < -0.39 is 23.1 Å². The molecule has 0 amide bonds. The first-order valence-corrected chi connectivity index (χ1v) is 6.40. The minimum atomic E-state index is -0.612. The first-order chi connectivity index (χ1) is 10.5. The zero-order chi connectivity index (χ0) is 16.0. The molecule has 0 heterocycles. The summed E-state index contributed by atoms with van der Waals surface area (Å²) < 4.78 is 10.3. The highest BCUT2D eigenvalue weighted by Crippen LogP contribution is 2.41. The van der Waals surface area contributed by atoms with Crippen LogP contribution in [0, 0.1) is 0 Å². The molecular formula is C16H12O6. The standard InChI is InChI=1S/C16H12O6/c1-21-7-5-9-12(11(6-7)22-2)16(20)13-8(14(9)18)3-4-10(17)15(13)19/h3-6,17,19H,1-2H3. The van der Waals surface area contributed by atoms with E-state index >= 15 is 0 Å². The molecule has 0 unspecified atom stereocenters. The van der Waals surface area contributed by atoms with Gasteiger partial charge in [0.2, 0.25) is 5.78 Å². The summed E-state index contributed by atoms with van der Waals surface area (Å²) in [5.74, 6) is -1.56. The van der Waals surface area contributed by atoms with Crippen molar-refractivity contribution >= 4 is 11.6 Å². The number of hydrogen-bond donors (Lipinski definition) is 2. The number of rotatable bonds is 2. The van der Waals surface area contributed by atoms with Gasteiger partial charge >= 0.3 is 0 Å². The number of phenolic OH excluding ortho intramolecular Hbond substituents is 2. The zero-order valence-electron chi connectivity index (χ0n) is 11.8.